The Bertz CT molecular complexity index is 716. The van der Waals surface area contributed by atoms with Crippen molar-refractivity contribution in [3.8, 4) is 11.3 Å². The molecule has 0 unspecified atom stereocenters. The highest BCUT2D eigenvalue weighted by atomic mass is 35.5. The number of aryl methyl sites for hydroxylation is 1. The molecule has 110 valence electrons. The number of benzene rings is 1. The molecule has 0 fully saturated rings. The van der Waals surface area contributed by atoms with E-state index in [9.17, 15) is 0 Å². The summed E-state index contributed by atoms with van der Waals surface area (Å²) in [6, 6.07) is 5.98. The van der Waals surface area contributed by atoms with Crippen LogP contribution in [0.25, 0.3) is 17.0 Å². The van der Waals surface area contributed by atoms with Crippen molar-refractivity contribution in [2.45, 2.75) is 33.1 Å². The number of nitrogens with zero attached hydrogens (tertiary/aromatic N) is 1. The van der Waals surface area contributed by atoms with Gasteiger partial charge in [-0.3, -0.25) is 0 Å². The SMILES string of the molecule is CCCC1=C(OC)c2c(noc2C)-c2c(Cl)cccc2C1. The lowest BCUT2D eigenvalue weighted by Gasteiger charge is -2.11. The Hall–Kier alpha value is -1.74. The van der Waals surface area contributed by atoms with Gasteiger partial charge in [0.15, 0.2) is 0 Å². The average Bonchev–Trinajstić information content (AvgIpc) is 2.76. The lowest BCUT2D eigenvalue weighted by Crippen LogP contribution is -1.97. The van der Waals surface area contributed by atoms with Crippen LogP contribution < -0.4 is 0 Å². The highest BCUT2D eigenvalue weighted by Gasteiger charge is 2.28. The first kappa shape index (κ1) is 14.2. The van der Waals surface area contributed by atoms with Crippen molar-refractivity contribution in [2.75, 3.05) is 7.11 Å². The summed E-state index contributed by atoms with van der Waals surface area (Å²) in [4.78, 5) is 0. The predicted octanol–water partition coefficient (Wildman–Crippen LogP) is 5.02. The largest absolute Gasteiger partial charge is 0.496 e. The zero-order valence-corrected chi connectivity index (χ0v) is 13.3. The molecule has 1 aliphatic rings. The molecule has 3 nitrogen and oxygen atoms in total. The number of fused-ring (bicyclic) bond motifs is 3. The van der Waals surface area contributed by atoms with Gasteiger partial charge in [0.05, 0.1) is 17.7 Å². The lowest BCUT2D eigenvalue weighted by molar-refractivity contribution is 0.361. The van der Waals surface area contributed by atoms with Crippen molar-refractivity contribution in [3.63, 3.8) is 0 Å². The van der Waals surface area contributed by atoms with E-state index in [1.165, 1.54) is 11.1 Å². The minimum Gasteiger partial charge on any atom is -0.496 e. The summed E-state index contributed by atoms with van der Waals surface area (Å²) >= 11 is 6.43. The van der Waals surface area contributed by atoms with E-state index in [1.54, 1.807) is 7.11 Å². The Morgan fingerprint density at radius 3 is 2.86 bits per heavy atom. The maximum atomic E-state index is 6.43. The van der Waals surface area contributed by atoms with E-state index in [4.69, 9.17) is 20.9 Å². The van der Waals surface area contributed by atoms with Crippen LogP contribution >= 0.6 is 11.6 Å². The molecule has 3 rings (SSSR count). The molecule has 21 heavy (non-hydrogen) atoms. The van der Waals surface area contributed by atoms with E-state index in [2.05, 4.69) is 18.1 Å². The first-order valence-corrected chi connectivity index (χ1v) is 7.55. The molecule has 2 aromatic rings. The zero-order valence-electron chi connectivity index (χ0n) is 12.5. The normalized spacial score (nSPS) is 13.7. The van der Waals surface area contributed by atoms with Gasteiger partial charge in [-0.1, -0.05) is 42.2 Å². The van der Waals surface area contributed by atoms with Gasteiger partial charge in [-0.25, -0.2) is 0 Å². The van der Waals surface area contributed by atoms with E-state index >= 15 is 0 Å². The standard InChI is InChI=1S/C17H18ClNO2/c1-4-6-12-9-11-7-5-8-13(18)15(11)16-14(17(12)20-3)10(2)21-19-16/h5,7-8H,4,6,9H2,1-3H3. The van der Waals surface area contributed by atoms with Crippen molar-refractivity contribution >= 4 is 17.4 Å². The number of hydrogen-bond acceptors (Lipinski definition) is 3. The molecule has 0 amide bonds. The Morgan fingerprint density at radius 2 is 2.14 bits per heavy atom. The molecule has 0 saturated heterocycles. The molecule has 0 N–H and O–H groups in total. The summed E-state index contributed by atoms with van der Waals surface area (Å²) in [7, 11) is 1.71. The molecule has 0 saturated carbocycles. The molecule has 1 aromatic carbocycles. The first-order valence-electron chi connectivity index (χ1n) is 7.17. The fourth-order valence-corrected chi connectivity index (χ4v) is 3.31. The van der Waals surface area contributed by atoms with Crippen LogP contribution in [0.2, 0.25) is 5.02 Å². The number of ether oxygens (including phenoxy) is 1. The summed E-state index contributed by atoms with van der Waals surface area (Å²) in [6.45, 7) is 4.09. The van der Waals surface area contributed by atoms with Crippen molar-refractivity contribution in [3.05, 3.63) is 45.7 Å². The van der Waals surface area contributed by atoms with E-state index in [0.29, 0.717) is 5.02 Å². The number of allylic oxidation sites excluding steroid dienone is 1. The van der Waals surface area contributed by atoms with Gasteiger partial charge in [0.25, 0.3) is 0 Å². The van der Waals surface area contributed by atoms with Gasteiger partial charge >= 0.3 is 0 Å². The Balaban J connectivity index is 2.34. The number of halogens is 1. The lowest BCUT2D eigenvalue weighted by atomic mass is 9.98. The molecule has 1 aliphatic carbocycles. The second kappa shape index (κ2) is 5.57. The molecule has 0 radical (unpaired) electrons. The Morgan fingerprint density at radius 1 is 1.33 bits per heavy atom. The predicted molar refractivity (Wildman–Crippen MR) is 84.2 cm³/mol. The molecule has 0 spiro atoms. The molecule has 1 aromatic heterocycles. The highest BCUT2D eigenvalue weighted by molar-refractivity contribution is 6.33. The monoisotopic (exact) mass is 303 g/mol. The molecule has 0 atom stereocenters. The fourth-order valence-electron chi connectivity index (χ4n) is 3.03. The summed E-state index contributed by atoms with van der Waals surface area (Å²) in [5, 5.41) is 4.94. The minimum absolute atomic E-state index is 0.704. The molecule has 0 bridgehead atoms. The van der Waals surface area contributed by atoms with Crippen LogP contribution in [0.1, 0.15) is 36.7 Å². The second-order valence-corrected chi connectivity index (χ2v) is 5.71. The van der Waals surface area contributed by atoms with E-state index in [0.717, 1.165) is 47.6 Å². The van der Waals surface area contributed by atoms with Crippen LogP contribution in [0.15, 0.2) is 28.3 Å². The van der Waals surface area contributed by atoms with Crippen LogP contribution in [0.4, 0.5) is 0 Å². The number of aromatic nitrogens is 1. The van der Waals surface area contributed by atoms with Gasteiger partial charge in [-0.15, -0.1) is 0 Å². The zero-order chi connectivity index (χ0) is 15.0. The van der Waals surface area contributed by atoms with Gasteiger partial charge in [0, 0.05) is 5.56 Å². The number of rotatable bonds is 3. The fraction of sp³-hybridized carbons (Fsp3) is 0.353. The van der Waals surface area contributed by atoms with Crippen LogP contribution in [0, 0.1) is 6.92 Å². The third-order valence-electron chi connectivity index (χ3n) is 3.91. The topological polar surface area (TPSA) is 35.3 Å². The first-order chi connectivity index (χ1) is 10.2. The summed E-state index contributed by atoms with van der Waals surface area (Å²) in [6.07, 6.45) is 2.89. The van der Waals surface area contributed by atoms with Crippen molar-refractivity contribution in [1.82, 2.24) is 5.16 Å². The highest BCUT2D eigenvalue weighted by Crippen LogP contribution is 2.43. The van der Waals surface area contributed by atoms with Crippen molar-refractivity contribution in [2.24, 2.45) is 0 Å². The van der Waals surface area contributed by atoms with Crippen LogP contribution in [0.5, 0.6) is 0 Å². The van der Waals surface area contributed by atoms with Crippen LogP contribution in [-0.4, -0.2) is 12.3 Å². The van der Waals surface area contributed by atoms with Gasteiger partial charge in [-0.05, 0) is 37.0 Å². The van der Waals surface area contributed by atoms with E-state index in [1.807, 2.05) is 19.1 Å². The third kappa shape index (κ3) is 2.26. The maximum absolute atomic E-state index is 6.43. The van der Waals surface area contributed by atoms with E-state index < -0.39 is 0 Å². The second-order valence-electron chi connectivity index (χ2n) is 5.30. The number of hydrogen-bond donors (Lipinski definition) is 0. The summed E-state index contributed by atoms with van der Waals surface area (Å²) in [5.74, 6) is 1.65. The van der Waals surface area contributed by atoms with Crippen molar-refractivity contribution < 1.29 is 9.26 Å². The minimum atomic E-state index is 0.704. The average molecular weight is 304 g/mol. The molecular weight excluding hydrogens is 286 g/mol. The number of methoxy groups -OCH3 is 1. The molecule has 1 heterocycles. The van der Waals surface area contributed by atoms with Crippen LogP contribution in [0.3, 0.4) is 0 Å². The molecular formula is C17H18ClNO2. The smallest absolute Gasteiger partial charge is 0.145 e. The van der Waals surface area contributed by atoms with Gasteiger partial charge in [0.2, 0.25) is 0 Å². The third-order valence-corrected chi connectivity index (χ3v) is 4.22. The Kier molecular flexibility index (Phi) is 3.77. The maximum Gasteiger partial charge on any atom is 0.145 e. The van der Waals surface area contributed by atoms with Crippen LogP contribution in [-0.2, 0) is 11.2 Å². The van der Waals surface area contributed by atoms with Gasteiger partial charge in [-0.2, -0.15) is 0 Å². The molecule has 0 aliphatic heterocycles. The summed E-state index contributed by atoms with van der Waals surface area (Å²) < 4.78 is 11.1. The van der Waals surface area contributed by atoms with Gasteiger partial charge < -0.3 is 9.26 Å². The molecule has 4 heteroatoms. The summed E-state index contributed by atoms with van der Waals surface area (Å²) in [5.41, 5.74) is 5.14. The van der Waals surface area contributed by atoms with Gasteiger partial charge in [0.1, 0.15) is 17.2 Å². The quantitative estimate of drug-likeness (QED) is 0.799. The Labute approximate surface area is 129 Å². The van der Waals surface area contributed by atoms with Crippen molar-refractivity contribution in [1.29, 1.82) is 0 Å². The van der Waals surface area contributed by atoms with E-state index in [-0.39, 0.29) is 0 Å².